The van der Waals surface area contributed by atoms with Gasteiger partial charge in [0.05, 0.1) is 0 Å². The first-order chi connectivity index (χ1) is 7.61. The number of hydrogen-bond acceptors (Lipinski definition) is 4. The summed E-state index contributed by atoms with van der Waals surface area (Å²) in [6, 6.07) is 0. The Labute approximate surface area is 96.7 Å². The highest BCUT2D eigenvalue weighted by Gasteiger charge is 2.40. The summed E-state index contributed by atoms with van der Waals surface area (Å²) < 4.78 is 9.99. The minimum atomic E-state index is -1.40. The highest BCUT2D eigenvalue weighted by atomic mass is 16.7. The summed E-state index contributed by atoms with van der Waals surface area (Å²) in [6.07, 6.45) is 0.863. The van der Waals surface area contributed by atoms with Crippen molar-refractivity contribution in [1.29, 1.82) is 0 Å². The van der Waals surface area contributed by atoms with Gasteiger partial charge in [0, 0.05) is 20.2 Å². The van der Waals surface area contributed by atoms with Gasteiger partial charge < -0.3 is 14.4 Å². The van der Waals surface area contributed by atoms with Crippen LogP contribution in [-0.2, 0) is 19.1 Å². The molecule has 0 saturated carbocycles. The fourth-order valence-electron chi connectivity index (χ4n) is 1.43. The van der Waals surface area contributed by atoms with Gasteiger partial charge in [-0.3, -0.25) is 9.59 Å². The molecule has 0 aliphatic rings. The first-order valence-electron chi connectivity index (χ1n) is 5.50. The van der Waals surface area contributed by atoms with E-state index in [-0.39, 0.29) is 12.7 Å². The van der Waals surface area contributed by atoms with Crippen LogP contribution >= 0.6 is 0 Å². The Morgan fingerprint density at radius 1 is 1.31 bits per heavy atom. The Kier molecular flexibility index (Phi) is 6.92. The van der Waals surface area contributed by atoms with E-state index < -0.39 is 5.60 Å². The van der Waals surface area contributed by atoms with Gasteiger partial charge in [-0.05, 0) is 20.3 Å². The first-order valence-corrected chi connectivity index (χ1v) is 5.50. The monoisotopic (exact) mass is 231 g/mol. The lowest BCUT2D eigenvalue weighted by Gasteiger charge is -2.31. The molecule has 0 aromatic carbocycles. The largest absolute Gasteiger partial charge is 0.359 e. The maximum absolute atomic E-state index is 12.1. The molecule has 0 radical (unpaired) electrons. The van der Waals surface area contributed by atoms with E-state index in [2.05, 4.69) is 0 Å². The average molecular weight is 231 g/mol. The van der Waals surface area contributed by atoms with Gasteiger partial charge in [-0.2, -0.15) is 0 Å². The minimum Gasteiger partial charge on any atom is -0.359 e. The van der Waals surface area contributed by atoms with Gasteiger partial charge in [0.25, 0.3) is 5.91 Å². The molecule has 0 aromatic rings. The van der Waals surface area contributed by atoms with Crippen LogP contribution in [0.25, 0.3) is 0 Å². The molecule has 5 heteroatoms. The van der Waals surface area contributed by atoms with Crippen molar-refractivity contribution in [2.45, 2.75) is 32.8 Å². The molecule has 0 fully saturated rings. The van der Waals surface area contributed by atoms with Crippen LogP contribution in [0, 0.1) is 0 Å². The molecule has 5 nitrogen and oxygen atoms in total. The first kappa shape index (κ1) is 15.1. The number of ether oxygens (including phenoxy) is 2. The van der Waals surface area contributed by atoms with Crippen molar-refractivity contribution < 1.29 is 19.1 Å². The number of carbonyl (C=O) groups excluding carboxylic acids is 2. The molecule has 0 bridgehead atoms. The maximum atomic E-state index is 12.1. The van der Waals surface area contributed by atoms with Crippen molar-refractivity contribution >= 4 is 12.2 Å². The van der Waals surface area contributed by atoms with Crippen LogP contribution < -0.4 is 0 Å². The van der Waals surface area contributed by atoms with E-state index in [1.54, 1.807) is 11.8 Å². The van der Waals surface area contributed by atoms with E-state index in [1.807, 2.05) is 13.8 Å². The van der Waals surface area contributed by atoms with Crippen molar-refractivity contribution in [3.05, 3.63) is 0 Å². The van der Waals surface area contributed by atoms with Crippen LogP contribution in [0.1, 0.15) is 27.2 Å². The number of rotatable bonds is 8. The lowest BCUT2D eigenvalue weighted by molar-refractivity contribution is -0.175. The molecule has 0 unspecified atom stereocenters. The van der Waals surface area contributed by atoms with Gasteiger partial charge in [0.15, 0.2) is 6.29 Å². The Morgan fingerprint density at radius 3 is 2.19 bits per heavy atom. The van der Waals surface area contributed by atoms with E-state index in [0.29, 0.717) is 25.8 Å². The second-order valence-corrected chi connectivity index (χ2v) is 3.39. The van der Waals surface area contributed by atoms with E-state index >= 15 is 0 Å². The average Bonchev–Trinajstić information content (AvgIpc) is 2.33. The van der Waals surface area contributed by atoms with Gasteiger partial charge in [-0.15, -0.1) is 0 Å². The zero-order chi connectivity index (χ0) is 12.6. The molecule has 0 saturated heterocycles. The zero-order valence-electron chi connectivity index (χ0n) is 10.5. The second kappa shape index (κ2) is 7.35. The lowest BCUT2D eigenvalue weighted by Crippen LogP contribution is -2.52. The minimum absolute atomic E-state index is 0.0699. The molecular weight excluding hydrogens is 210 g/mol. The lowest BCUT2D eigenvalue weighted by atomic mass is 10.0. The standard InChI is InChI=1S/C11H21NO4/c1-5-11(8-13,16-9-15-4)10(14)12(6-2)7-3/h8H,5-7,9H2,1-4H3/t11-/m0/s1. The van der Waals surface area contributed by atoms with Crippen molar-refractivity contribution in [2.24, 2.45) is 0 Å². The maximum Gasteiger partial charge on any atom is 0.262 e. The zero-order valence-corrected chi connectivity index (χ0v) is 10.5. The number of carbonyl (C=O) groups is 2. The van der Waals surface area contributed by atoms with Crippen molar-refractivity contribution in [3.8, 4) is 0 Å². The molecule has 0 aliphatic carbocycles. The highest BCUT2D eigenvalue weighted by molar-refractivity contribution is 6.00. The van der Waals surface area contributed by atoms with E-state index in [4.69, 9.17) is 9.47 Å². The molecular formula is C11H21NO4. The number of amides is 1. The Hall–Kier alpha value is -0.940. The summed E-state index contributed by atoms with van der Waals surface area (Å²) in [7, 11) is 1.45. The van der Waals surface area contributed by atoms with Crippen molar-refractivity contribution in [2.75, 3.05) is 27.0 Å². The van der Waals surface area contributed by atoms with E-state index in [0.717, 1.165) is 0 Å². The normalized spacial score (nSPS) is 14.2. The third kappa shape index (κ3) is 3.28. The molecule has 0 rings (SSSR count). The predicted octanol–water partition coefficient (Wildman–Crippen LogP) is 0.823. The topological polar surface area (TPSA) is 55.8 Å². The number of methoxy groups -OCH3 is 1. The van der Waals surface area contributed by atoms with Crippen molar-refractivity contribution in [3.63, 3.8) is 0 Å². The van der Waals surface area contributed by atoms with Crippen LogP contribution in [0.4, 0.5) is 0 Å². The number of aldehydes is 1. The van der Waals surface area contributed by atoms with Gasteiger partial charge in [0.2, 0.25) is 5.60 Å². The van der Waals surface area contributed by atoms with Crippen LogP contribution in [0.15, 0.2) is 0 Å². The Balaban J connectivity index is 4.86. The molecule has 0 aromatic heterocycles. The fraction of sp³-hybridized carbons (Fsp3) is 0.818. The van der Waals surface area contributed by atoms with Crippen LogP contribution in [0.2, 0.25) is 0 Å². The van der Waals surface area contributed by atoms with Gasteiger partial charge in [0.1, 0.15) is 6.79 Å². The summed E-state index contributed by atoms with van der Waals surface area (Å²) in [6.45, 7) is 6.51. The molecule has 0 N–H and O–H groups in total. The summed E-state index contributed by atoms with van der Waals surface area (Å²) in [5.74, 6) is -0.299. The predicted molar refractivity (Wildman–Crippen MR) is 60.0 cm³/mol. The third-order valence-corrected chi connectivity index (χ3v) is 2.56. The summed E-state index contributed by atoms with van der Waals surface area (Å²) in [4.78, 5) is 24.8. The number of nitrogens with zero attached hydrogens (tertiary/aromatic N) is 1. The number of hydrogen-bond donors (Lipinski definition) is 0. The molecule has 0 heterocycles. The molecule has 94 valence electrons. The molecule has 0 spiro atoms. The van der Waals surface area contributed by atoms with Crippen LogP contribution in [0.3, 0.4) is 0 Å². The highest BCUT2D eigenvalue weighted by Crippen LogP contribution is 2.17. The molecule has 16 heavy (non-hydrogen) atoms. The van der Waals surface area contributed by atoms with Gasteiger partial charge in [-0.25, -0.2) is 0 Å². The smallest absolute Gasteiger partial charge is 0.262 e. The number of likely N-dealkylation sites (N-methyl/N-ethyl adjacent to an activating group) is 1. The van der Waals surface area contributed by atoms with Crippen LogP contribution in [0.5, 0.6) is 0 Å². The third-order valence-electron chi connectivity index (χ3n) is 2.56. The molecule has 1 amide bonds. The molecule has 0 aliphatic heterocycles. The fourth-order valence-corrected chi connectivity index (χ4v) is 1.43. The quantitative estimate of drug-likeness (QED) is 0.352. The van der Waals surface area contributed by atoms with E-state index in [1.165, 1.54) is 7.11 Å². The van der Waals surface area contributed by atoms with Gasteiger partial charge >= 0.3 is 0 Å². The Morgan fingerprint density at radius 2 is 1.88 bits per heavy atom. The van der Waals surface area contributed by atoms with E-state index in [9.17, 15) is 9.59 Å². The van der Waals surface area contributed by atoms with Gasteiger partial charge in [-0.1, -0.05) is 6.92 Å². The summed E-state index contributed by atoms with van der Waals surface area (Å²) in [5, 5.41) is 0. The molecule has 1 atom stereocenters. The van der Waals surface area contributed by atoms with Crippen molar-refractivity contribution in [1.82, 2.24) is 4.90 Å². The summed E-state index contributed by atoms with van der Waals surface area (Å²) >= 11 is 0. The second-order valence-electron chi connectivity index (χ2n) is 3.39. The Bertz CT molecular complexity index is 228. The summed E-state index contributed by atoms with van der Waals surface area (Å²) in [5.41, 5.74) is -1.40. The van der Waals surface area contributed by atoms with Crippen LogP contribution in [-0.4, -0.2) is 49.7 Å². The SMILES string of the molecule is CCN(CC)C(=O)[C@@](C=O)(CC)OCOC.